The molecular formula is C19H23NO6. The van der Waals surface area contributed by atoms with E-state index in [4.69, 9.17) is 29.3 Å². The maximum atomic E-state index is 9.10. The van der Waals surface area contributed by atoms with Crippen molar-refractivity contribution in [1.82, 2.24) is 5.32 Å². The number of nitrogens with one attached hydrogen (secondary N) is 1. The van der Waals surface area contributed by atoms with Gasteiger partial charge in [0.05, 0.1) is 13.2 Å². The van der Waals surface area contributed by atoms with Gasteiger partial charge in [0, 0.05) is 13.1 Å². The highest BCUT2D eigenvalue weighted by Gasteiger charge is 2.04. The predicted octanol–water partition coefficient (Wildman–Crippen LogP) is 2.03. The highest BCUT2D eigenvalue weighted by atomic mass is 16.5. The number of benzene rings is 2. The van der Waals surface area contributed by atoms with E-state index in [9.17, 15) is 0 Å². The number of rotatable bonds is 9. The Balaban J connectivity index is 0.000000487. The highest BCUT2D eigenvalue weighted by molar-refractivity contribution is 6.27. The summed E-state index contributed by atoms with van der Waals surface area (Å²) in [4.78, 5) is 18.2. The number of hydrogen-bond donors (Lipinski definition) is 3. The molecule has 0 fully saturated rings. The van der Waals surface area contributed by atoms with Gasteiger partial charge >= 0.3 is 11.9 Å². The van der Waals surface area contributed by atoms with Crippen molar-refractivity contribution in [3.05, 3.63) is 66.2 Å². The lowest BCUT2D eigenvalue weighted by Crippen LogP contribution is -2.20. The summed E-state index contributed by atoms with van der Waals surface area (Å²) in [5.41, 5.74) is 1.29. The largest absolute Gasteiger partial charge is 0.491 e. The SMILES string of the molecule is O=C(O)C(=O)O.c1ccc(CNCCOCCOc2ccccc2)cc1. The van der Waals surface area contributed by atoms with Gasteiger partial charge in [-0.05, 0) is 17.7 Å². The second-order valence-corrected chi connectivity index (χ2v) is 5.05. The topological polar surface area (TPSA) is 105 Å². The molecule has 7 heteroatoms. The monoisotopic (exact) mass is 361 g/mol. The molecule has 0 aliphatic rings. The molecule has 26 heavy (non-hydrogen) atoms. The van der Waals surface area contributed by atoms with E-state index >= 15 is 0 Å². The minimum absolute atomic E-state index is 0.586. The first-order valence-corrected chi connectivity index (χ1v) is 8.06. The number of carbonyl (C=O) groups is 2. The molecule has 0 unspecified atom stereocenters. The molecular weight excluding hydrogens is 338 g/mol. The summed E-state index contributed by atoms with van der Waals surface area (Å²) in [6.07, 6.45) is 0. The Bertz CT molecular complexity index is 575. The molecule has 0 saturated carbocycles. The lowest BCUT2D eigenvalue weighted by atomic mass is 10.2. The molecule has 140 valence electrons. The third kappa shape index (κ3) is 10.8. The van der Waals surface area contributed by atoms with E-state index in [1.165, 1.54) is 5.56 Å². The molecule has 0 aliphatic heterocycles. The van der Waals surface area contributed by atoms with Gasteiger partial charge in [-0.3, -0.25) is 0 Å². The normalized spacial score (nSPS) is 9.69. The molecule has 2 aromatic rings. The van der Waals surface area contributed by atoms with E-state index in [1.54, 1.807) is 0 Å². The Morgan fingerprint density at radius 2 is 1.38 bits per heavy atom. The third-order valence-electron chi connectivity index (χ3n) is 3.02. The number of aliphatic carboxylic acids is 2. The predicted molar refractivity (Wildman–Crippen MR) is 96.2 cm³/mol. The zero-order valence-electron chi connectivity index (χ0n) is 14.3. The van der Waals surface area contributed by atoms with Crippen LogP contribution in [0.2, 0.25) is 0 Å². The van der Waals surface area contributed by atoms with Crippen molar-refractivity contribution in [3.8, 4) is 5.75 Å². The fourth-order valence-electron chi connectivity index (χ4n) is 1.81. The summed E-state index contributed by atoms with van der Waals surface area (Å²) < 4.78 is 11.0. The van der Waals surface area contributed by atoms with Crippen molar-refractivity contribution in [2.24, 2.45) is 0 Å². The smallest absolute Gasteiger partial charge is 0.414 e. The van der Waals surface area contributed by atoms with E-state index in [0.29, 0.717) is 19.8 Å². The van der Waals surface area contributed by atoms with Gasteiger partial charge in [-0.25, -0.2) is 9.59 Å². The van der Waals surface area contributed by atoms with Gasteiger partial charge in [-0.2, -0.15) is 0 Å². The fourth-order valence-corrected chi connectivity index (χ4v) is 1.81. The van der Waals surface area contributed by atoms with Gasteiger partial charge in [-0.1, -0.05) is 48.5 Å². The summed E-state index contributed by atoms with van der Waals surface area (Å²) in [5.74, 6) is -2.76. The number of hydrogen-bond acceptors (Lipinski definition) is 5. The molecule has 7 nitrogen and oxygen atoms in total. The zero-order valence-corrected chi connectivity index (χ0v) is 14.3. The average molecular weight is 361 g/mol. The first-order chi connectivity index (χ1) is 12.6. The second-order valence-electron chi connectivity index (χ2n) is 5.05. The molecule has 0 aromatic heterocycles. The number of carboxylic acids is 2. The number of carboxylic acid groups (broad SMARTS) is 2. The average Bonchev–Trinajstić information content (AvgIpc) is 2.66. The molecule has 0 aliphatic carbocycles. The van der Waals surface area contributed by atoms with Crippen LogP contribution in [-0.4, -0.2) is 48.5 Å². The van der Waals surface area contributed by atoms with Crippen LogP contribution < -0.4 is 10.1 Å². The van der Waals surface area contributed by atoms with Crippen molar-refractivity contribution < 1.29 is 29.3 Å². The van der Waals surface area contributed by atoms with Gasteiger partial charge < -0.3 is 25.0 Å². The second kappa shape index (κ2) is 13.4. The van der Waals surface area contributed by atoms with Gasteiger partial charge in [0.1, 0.15) is 12.4 Å². The van der Waals surface area contributed by atoms with E-state index in [2.05, 4.69) is 29.6 Å². The third-order valence-corrected chi connectivity index (χ3v) is 3.02. The Labute approximate surface area is 152 Å². The Hall–Kier alpha value is -2.90. The summed E-state index contributed by atoms with van der Waals surface area (Å²) in [6, 6.07) is 20.1. The van der Waals surface area contributed by atoms with E-state index in [1.807, 2.05) is 36.4 Å². The van der Waals surface area contributed by atoms with E-state index in [-0.39, 0.29) is 0 Å². The highest BCUT2D eigenvalue weighted by Crippen LogP contribution is 2.07. The molecule has 0 amide bonds. The number of para-hydroxylation sites is 1. The molecule has 0 radical (unpaired) electrons. The van der Waals surface area contributed by atoms with E-state index < -0.39 is 11.9 Å². The molecule has 0 saturated heterocycles. The van der Waals surface area contributed by atoms with Gasteiger partial charge in [0.15, 0.2) is 0 Å². The zero-order chi connectivity index (χ0) is 19.0. The minimum atomic E-state index is -1.82. The molecule has 0 heterocycles. The van der Waals surface area contributed by atoms with Crippen LogP contribution in [0.15, 0.2) is 60.7 Å². The molecule has 3 N–H and O–H groups in total. The van der Waals surface area contributed by atoms with Crippen LogP contribution in [-0.2, 0) is 20.9 Å². The quantitative estimate of drug-likeness (QED) is 0.463. The van der Waals surface area contributed by atoms with Crippen LogP contribution in [0.25, 0.3) is 0 Å². The van der Waals surface area contributed by atoms with Crippen LogP contribution in [0.4, 0.5) is 0 Å². The molecule has 0 spiro atoms. The van der Waals surface area contributed by atoms with Crippen molar-refractivity contribution in [1.29, 1.82) is 0 Å². The van der Waals surface area contributed by atoms with Crippen LogP contribution in [0.1, 0.15) is 5.56 Å². The van der Waals surface area contributed by atoms with Crippen molar-refractivity contribution >= 4 is 11.9 Å². The van der Waals surface area contributed by atoms with Crippen LogP contribution >= 0.6 is 0 Å². The first-order valence-electron chi connectivity index (χ1n) is 8.06. The first kappa shape index (κ1) is 21.1. The maximum Gasteiger partial charge on any atom is 0.414 e. The van der Waals surface area contributed by atoms with Crippen molar-refractivity contribution in [2.75, 3.05) is 26.4 Å². The van der Waals surface area contributed by atoms with Gasteiger partial charge in [0.2, 0.25) is 0 Å². The molecule has 0 bridgehead atoms. The summed E-state index contributed by atoms with van der Waals surface area (Å²) >= 11 is 0. The summed E-state index contributed by atoms with van der Waals surface area (Å²) in [6.45, 7) is 3.63. The van der Waals surface area contributed by atoms with Gasteiger partial charge in [0.25, 0.3) is 0 Å². The van der Waals surface area contributed by atoms with Crippen LogP contribution in [0, 0.1) is 0 Å². The molecule has 2 aromatic carbocycles. The van der Waals surface area contributed by atoms with Gasteiger partial charge in [-0.15, -0.1) is 0 Å². The Morgan fingerprint density at radius 1 is 0.808 bits per heavy atom. The number of ether oxygens (including phenoxy) is 2. The fraction of sp³-hybridized carbons (Fsp3) is 0.263. The summed E-state index contributed by atoms with van der Waals surface area (Å²) in [5, 5.41) is 18.1. The lowest BCUT2D eigenvalue weighted by molar-refractivity contribution is -0.159. The van der Waals surface area contributed by atoms with Crippen molar-refractivity contribution in [2.45, 2.75) is 6.54 Å². The van der Waals surface area contributed by atoms with Crippen LogP contribution in [0.3, 0.4) is 0 Å². The summed E-state index contributed by atoms with van der Waals surface area (Å²) in [7, 11) is 0. The Morgan fingerprint density at radius 3 is 1.96 bits per heavy atom. The van der Waals surface area contributed by atoms with Crippen molar-refractivity contribution in [3.63, 3.8) is 0 Å². The molecule has 2 rings (SSSR count). The maximum absolute atomic E-state index is 9.10. The minimum Gasteiger partial charge on any atom is -0.491 e. The van der Waals surface area contributed by atoms with E-state index in [0.717, 1.165) is 18.8 Å². The molecule has 0 atom stereocenters. The lowest BCUT2D eigenvalue weighted by Gasteiger charge is -2.08. The standard InChI is InChI=1S/C17H21NO2.C2H2O4/c1-3-7-16(8-4-1)15-18-11-12-19-13-14-20-17-9-5-2-6-10-17;3-1(4)2(5)6/h1-10,18H,11-15H2;(H,3,4)(H,5,6). The van der Waals surface area contributed by atoms with Crippen LogP contribution in [0.5, 0.6) is 5.75 Å². The Kier molecular flexibility index (Phi) is 10.9.